The molecule has 0 bridgehead atoms. The fraction of sp³-hybridized carbons (Fsp3) is 0.0870. The van der Waals surface area contributed by atoms with E-state index in [1.165, 1.54) is 5.56 Å². The number of carbonyl (C=O) groups is 2. The van der Waals surface area contributed by atoms with Gasteiger partial charge < -0.3 is 10.6 Å². The maximum atomic E-state index is 12.3. The minimum absolute atomic E-state index is 0.178. The summed E-state index contributed by atoms with van der Waals surface area (Å²) in [6, 6.07) is 23.5. The van der Waals surface area contributed by atoms with Crippen molar-refractivity contribution in [3.63, 3.8) is 0 Å². The first kappa shape index (κ1) is 20.2. The molecule has 3 aromatic rings. The van der Waals surface area contributed by atoms with E-state index in [2.05, 4.69) is 22.9 Å². The molecule has 2 amide bonds. The minimum atomic E-state index is -0.267. The molecular formula is C23H21N3O2S. The van der Waals surface area contributed by atoms with E-state index in [4.69, 9.17) is 12.2 Å². The average molecular weight is 404 g/mol. The maximum Gasteiger partial charge on any atom is 0.257 e. The number of rotatable bonds is 5. The molecule has 0 saturated carbocycles. The zero-order chi connectivity index (χ0) is 20.6. The van der Waals surface area contributed by atoms with Gasteiger partial charge in [-0.2, -0.15) is 0 Å². The Balaban J connectivity index is 1.54. The van der Waals surface area contributed by atoms with Gasteiger partial charge in [0.25, 0.3) is 11.8 Å². The van der Waals surface area contributed by atoms with Crippen LogP contribution in [-0.4, -0.2) is 16.9 Å². The van der Waals surface area contributed by atoms with E-state index in [-0.39, 0.29) is 16.9 Å². The number of thiocarbonyl (C=S) groups is 1. The molecule has 0 aliphatic heterocycles. The predicted molar refractivity (Wildman–Crippen MR) is 120 cm³/mol. The highest BCUT2D eigenvalue weighted by Crippen LogP contribution is 2.15. The van der Waals surface area contributed by atoms with Crippen LogP contribution in [0.15, 0.2) is 78.9 Å². The minimum Gasteiger partial charge on any atom is -0.332 e. The van der Waals surface area contributed by atoms with Gasteiger partial charge in [-0.05, 0) is 72.7 Å². The summed E-state index contributed by atoms with van der Waals surface area (Å²) < 4.78 is 0. The Kier molecular flexibility index (Phi) is 6.71. The molecule has 0 fully saturated rings. The Hall–Kier alpha value is -3.51. The SMILES string of the molecule is CCc1ccc(C(=O)NC(=S)Nc2ccc(NC(=O)c3ccccc3)cc2)cc1. The molecule has 0 saturated heterocycles. The monoisotopic (exact) mass is 403 g/mol. The molecule has 3 rings (SSSR count). The van der Waals surface area contributed by atoms with Crippen LogP contribution >= 0.6 is 12.2 Å². The molecule has 146 valence electrons. The van der Waals surface area contributed by atoms with Crippen molar-refractivity contribution in [3.05, 3.63) is 95.6 Å². The molecule has 3 aromatic carbocycles. The Morgan fingerprint density at radius 2 is 1.28 bits per heavy atom. The van der Waals surface area contributed by atoms with Crippen molar-refractivity contribution in [1.82, 2.24) is 5.32 Å². The van der Waals surface area contributed by atoms with E-state index >= 15 is 0 Å². The molecule has 6 heteroatoms. The highest BCUT2D eigenvalue weighted by Gasteiger charge is 2.09. The number of benzene rings is 3. The Morgan fingerprint density at radius 3 is 1.86 bits per heavy atom. The molecule has 0 spiro atoms. The molecule has 0 radical (unpaired) electrons. The third-order valence-corrected chi connectivity index (χ3v) is 4.49. The van der Waals surface area contributed by atoms with Crippen molar-refractivity contribution in [3.8, 4) is 0 Å². The fourth-order valence-electron chi connectivity index (χ4n) is 2.66. The van der Waals surface area contributed by atoms with Crippen molar-refractivity contribution in [1.29, 1.82) is 0 Å². The van der Waals surface area contributed by atoms with Crippen LogP contribution < -0.4 is 16.0 Å². The molecule has 0 aliphatic rings. The van der Waals surface area contributed by atoms with Crippen LogP contribution in [0.2, 0.25) is 0 Å². The van der Waals surface area contributed by atoms with Gasteiger partial charge in [0.15, 0.2) is 5.11 Å². The van der Waals surface area contributed by atoms with Gasteiger partial charge in [0.1, 0.15) is 0 Å². The van der Waals surface area contributed by atoms with Crippen LogP contribution in [0.25, 0.3) is 0 Å². The normalized spacial score (nSPS) is 10.1. The lowest BCUT2D eigenvalue weighted by Gasteiger charge is -2.11. The summed E-state index contributed by atoms with van der Waals surface area (Å²) >= 11 is 5.21. The van der Waals surface area contributed by atoms with Crippen molar-refractivity contribution in [2.45, 2.75) is 13.3 Å². The van der Waals surface area contributed by atoms with Crippen LogP contribution in [0.1, 0.15) is 33.2 Å². The molecule has 0 unspecified atom stereocenters. The highest BCUT2D eigenvalue weighted by atomic mass is 32.1. The van der Waals surface area contributed by atoms with Crippen LogP contribution in [0.5, 0.6) is 0 Å². The Morgan fingerprint density at radius 1 is 0.724 bits per heavy atom. The quantitative estimate of drug-likeness (QED) is 0.543. The van der Waals surface area contributed by atoms with E-state index < -0.39 is 0 Å². The van der Waals surface area contributed by atoms with Crippen LogP contribution in [0.3, 0.4) is 0 Å². The number of carbonyl (C=O) groups excluding carboxylic acids is 2. The summed E-state index contributed by atoms with van der Waals surface area (Å²) in [5.74, 6) is -0.444. The molecule has 0 aliphatic carbocycles. The molecular weight excluding hydrogens is 382 g/mol. The topological polar surface area (TPSA) is 70.2 Å². The summed E-state index contributed by atoms with van der Waals surface area (Å²) in [6.07, 6.45) is 0.920. The summed E-state index contributed by atoms with van der Waals surface area (Å²) in [7, 11) is 0. The van der Waals surface area contributed by atoms with Crippen LogP contribution in [-0.2, 0) is 6.42 Å². The second-order valence-corrected chi connectivity index (χ2v) is 6.76. The zero-order valence-corrected chi connectivity index (χ0v) is 16.8. The molecule has 0 atom stereocenters. The van der Waals surface area contributed by atoms with Crippen molar-refractivity contribution in [2.75, 3.05) is 10.6 Å². The molecule has 5 nitrogen and oxygen atoms in total. The number of anilines is 2. The van der Waals surface area contributed by atoms with Crippen molar-refractivity contribution in [2.24, 2.45) is 0 Å². The first-order chi connectivity index (χ1) is 14.0. The lowest BCUT2D eigenvalue weighted by molar-refractivity contribution is 0.0976. The number of nitrogens with one attached hydrogen (secondary N) is 3. The third kappa shape index (κ3) is 5.73. The van der Waals surface area contributed by atoms with Crippen molar-refractivity contribution < 1.29 is 9.59 Å². The van der Waals surface area contributed by atoms with Gasteiger partial charge in [-0.3, -0.25) is 14.9 Å². The van der Waals surface area contributed by atoms with E-state index in [1.807, 2.05) is 30.3 Å². The van der Waals surface area contributed by atoms with Gasteiger partial charge >= 0.3 is 0 Å². The number of hydrogen-bond donors (Lipinski definition) is 3. The first-order valence-corrected chi connectivity index (χ1v) is 9.63. The second kappa shape index (κ2) is 9.61. The summed E-state index contributed by atoms with van der Waals surface area (Å²) in [4.78, 5) is 24.4. The summed E-state index contributed by atoms with van der Waals surface area (Å²) in [6.45, 7) is 2.06. The van der Waals surface area contributed by atoms with Crippen LogP contribution in [0, 0.1) is 0 Å². The lowest BCUT2D eigenvalue weighted by atomic mass is 10.1. The Labute approximate surface area is 175 Å². The van der Waals surface area contributed by atoms with E-state index in [1.54, 1.807) is 48.5 Å². The number of hydrogen-bond acceptors (Lipinski definition) is 3. The summed E-state index contributed by atoms with van der Waals surface area (Å²) in [5.41, 5.74) is 3.67. The van der Waals surface area contributed by atoms with Gasteiger partial charge in [0, 0.05) is 22.5 Å². The zero-order valence-electron chi connectivity index (χ0n) is 15.9. The fourth-order valence-corrected chi connectivity index (χ4v) is 2.87. The molecule has 29 heavy (non-hydrogen) atoms. The van der Waals surface area contributed by atoms with E-state index in [0.717, 1.165) is 6.42 Å². The molecule has 3 N–H and O–H groups in total. The highest BCUT2D eigenvalue weighted by molar-refractivity contribution is 7.80. The first-order valence-electron chi connectivity index (χ1n) is 9.23. The Bertz CT molecular complexity index is 1000. The standard InChI is InChI=1S/C23H21N3O2S/c1-2-16-8-10-18(11-9-16)22(28)26-23(29)25-20-14-12-19(13-15-20)24-21(27)17-6-4-3-5-7-17/h3-15H,2H2,1H3,(H,24,27)(H2,25,26,28,29). The second-order valence-electron chi connectivity index (χ2n) is 6.36. The van der Waals surface area contributed by atoms with Gasteiger partial charge in [-0.1, -0.05) is 37.3 Å². The molecule has 0 heterocycles. The largest absolute Gasteiger partial charge is 0.332 e. The summed E-state index contributed by atoms with van der Waals surface area (Å²) in [5, 5.41) is 8.66. The average Bonchev–Trinajstić information content (AvgIpc) is 2.75. The molecule has 0 aromatic heterocycles. The smallest absolute Gasteiger partial charge is 0.257 e. The maximum absolute atomic E-state index is 12.3. The van der Waals surface area contributed by atoms with Crippen molar-refractivity contribution >= 4 is 40.5 Å². The van der Waals surface area contributed by atoms with E-state index in [9.17, 15) is 9.59 Å². The number of aryl methyl sites for hydroxylation is 1. The van der Waals surface area contributed by atoms with E-state index in [0.29, 0.717) is 22.5 Å². The number of amides is 2. The third-order valence-electron chi connectivity index (χ3n) is 4.29. The lowest BCUT2D eigenvalue weighted by Crippen LogP contribution is -2.34. The van der Waals surface area contributed by atoms with Crippen LogP contribution in [0.4, 0.5) is 11.4 Å². The predicted octanol–water partition coefficient (Wildman–Crippen LogP) is 4.63. The van der Waals surface area contributed by atoms with Gasteiger partial charge in [-0.25, -0.2) is 0 Å². The van der Waals surface area contributed by atoms with Gasteiger partial charge in [-0.15, -0.1) is 0 Å². The van der Waals surface area contributed by atoms with Gasteiger partial charge in [0.2, 0.25) is 0 Å². The van der Waals surface area contributed by atoms with Gasteiger partial charge in [0.05, 0.1) is 0 Å².